The molecule has 0 atom stereocenters. The summed E-state index contributed by atoms with van der Waals surface area (Å²) in [6.07, 6.45) is 0.830. The molecule has 0 bridgehead atoms. The van der Waals surface area contributed by atoms with Crippen molar-refractivity contribution in [3.8, 4) is 11.4 Å². The van der Waals surface area contributed by atoms with Crippen LogP contribution in [0.5, 0.6) is 0 Å². The van der Waals surface area contributed by atoms with Gasteiger partial charge in [-0.2, -0.15) is 0 Å². The van der Waals surface area contributed by atoms with Crippen molar-refractivity contribution >= 4 is 15.9 Å². The summed E-state index contributed by atoms with van der Waals surface area (Å²) in [7, 11) is 0. The van der Waals surface area contributed by atoms with Crippen LogP contribution < -0.4 is 5.73 Å². The molecule has 0 aliphatic heterocycles. The van der Waals surface area contributed by atoms with Gasteiger partial charge in [-0.3, -0.25) is 0 Å². The lowest BCUT2D eigenvalue weighted by Gasteiger charge is -2.12. The van der Waals surface area contributed by atoms with Crippen LogP contribution in [0.15, 0.2) is 16.6 Å². The molecule has 1 aromatic heterocycles. The number of hydrogen-bond acceptors (Lipinski definition) is 3. The number of nitrogens with two attached hydrogens (primary N) is 1. The Morgan fingerprint density at radius 3 is 1.95 bits per heavy atom. The van der Waals surface area contributed by atoms with E-state index in [9.17, 15) is 0 Å². The van der Waals surface area contributed by atoms with Gasteiger partial charge in [0.25, 0.3) is 0 Å². The fourth-order valence-corrected chi connectivity index (χ4v) is 2.68. The summed E-state index contributed by atoms with van der Waals surface area (Å²) in [6, 6.07) is 4.24. The van der Waals surface area contributed by atoms with Crippen molar-refractivity contribution in [1.29, 1.82) is 0 Å². The van der Waals surface area contributed by atoms with Crippen LogP contribution in [-0.2, 0) is 6.42 Å². The van der Waals surface area contributed by atoms with Gasteiger partial charge in [0.1, 0.15) is 0 Å². The zero-order valence-corrected chi connectivity index (χ0v) is 14.0. The number of halogens is 1. The summed E-state index contributed by atoms with van der Waals surface area (Å²) in [5.74, 6) is 0.791. The third kappa shape index (κ3) is 2.91. The maximum atomic E-state index is 5.64. The van der Waals surface area contributed by atoms with Crippen molar-refractivity contribution in [1.82, 2.24) is 9.97 Å². The highest BCUT2D eigenvalue weighted by atomic mass is 79.9. The molecule has 1 aromatic carbocycles. The van der Waals surface area contributed by atoms with E-state index in [-0.39, 0.29) is 0 Å². The molecule has 0 aliphatic carbocycles. The SMILES string of the molecule is Cc1cc(-c2nc(C)c(CCN)c(C)n2)cc(C)c1Br. The molecule has 2 rings (SSSR count). The van der Waals surface area contributed by atoms with Crippen LogP contribution in [0.4, 0.5) is 0 Å². The molecule has 0 aliphatic rings. The topological polar surface area (TPSA) is 51.8 Å². The van der Waals surface area contributed by atoms with E-state index in [1.807, 2.05) is 13.8 Å². The summed E-state index contributed by atoms with van der Waals surface area (Å²) in [5, 5.41) is 0. The summed E-state index contributed by atoms with van der Waals surface area (Å²) in [5.41, 5.74) is 12.3. The molecule has 0 spiro atoms. The van der Waals surface area contributed by atoms with Gasteiger partial charge in [0.05, 0.1) is 0 Å². The third-order valence-corrected chi connectivity index (χ3v) is 4.76. The Hall–Kier alpha value is -1.26. The summed E-state index contributed by atoms with van der Waals surface area (Å²) >= 11 is 3.59. The molecule has 1 heterocycles. The number of rotatable bonds is 3. The van der Waals surface area contributed by atoms with Crippen LogP contribution >= 0.6 is 15.9 Å². The average molecular weight is 334 g/mol. The van der Waals surface area contributed by atoms with Crippen molar-refractivity contribution < 1.29 is 0 Å². The molecular formula is C16H20BrN3. The first-order chi connectivity index (χ1) is 9.43. The Morgan fingerprint density at radius 1 is 1.00 bits per heavy atom. The molecule has 0 radical (unpaired) electrons. The zero-order valence-electron chi connectivity index (χ0n) is 12.4. The quantitative estimate of drug-likeness (QED) is 0.932. The second-order valence-corrected chi connectivity index (χ2v) is 5.95. The first-order valence-corrected chi connectivity index (χ1v) is 7.54. The van der Waals surface area contributed by atoms with E-state index in [0.717, 1.165) is 33.7 Å². The highest BCUT2D eigenvalue weighted by Crippen LogP contribution is 2.27. The molecule has 0 saturated heterocycles. The van der Waals surface area contributed by atoms with Crippen LogP contribution in [0.1, 0.15) is 28.1 Å². The fraction of sp³-hybridized carbons (Fsp3) is 0.375. The van der Waals surface area contributed by atoms with Crippen LogP contribution in [-0.4, -0.2) is 16.5 Å². The van der Waals surface area contributed by atoms with Gasteiger partial charge in [-0.15, -0.1) is 0 Å². The monoisotopic (exact) mass is 333 g/mol. The van der Waals surface area contributed by atoms with Crippen molar-refractivity contribution in [2.75, 3.05) is 6.54 Å². The lowest BCUT2D eigenvalue weighted by molar-refractivity contribution is 0.898. The van der Waals surface area contributed by atoms with Crippen LogP contribution in [0.3, 0.4) is 0 Å². The standard InChI is InChI=1S/C16H20BrN3/c1-9-7-13(8-10(2)15(9)17)16-19-11(3)14(5-6-18)12(4)20-16/h7-8H,5-6,18H2,1-4H3. The van der Waals surface area contributed by atoms with E-state index in [2.05, 4.69) is 51.9 Å². The lowest BCUT2D eigenvalue weighted by Crippen LogP contribution is -2.09. The molecule has 0 saturated carbocycles. The highest BCUT2D eigenvalue weighted by molar-refractivity contribution is 9.10. The molecule has 20 heavy (non-hydrogen) atoms. The van der Waals surface area contributed by atoms with Crippen LogP contribution in [0.25, 0.3) is 11.4 Å². The van der Waals surface area contributed by atoms with Gasteiger partial charge in [-0.25, -0.2) is 9.97 Å². The van der Waals surface area contributed by atoms with Gasteiger partial charge in [0, 0.05) is 21.4 Å². The van der Waals surface area contributed by atoms with E-state index >= 15 is 0 Å². The maximum absolute atomic E-state index is 5.64. The molecule has 0 amide bonds. The van der Waals surface area contributed by atoms with Gasteiger partial charge in [-0.1, -0.05) is 15.9 Å². The number of aryl methyl sites for hydroxylation is 4. The van der Waals surface area contributed by atoms with Gasteiger partial charge < -0.3 is 5.73 Å². The number of nitrogens with zero attached hydrogens (tertiary/aromatic N) is 2. The predicted octanol–water partition coefficient (Wildman–Crippen LogP) is 3.64. The molecule has 0 unspecified atom stereocenters. The van der Waals surface area contributed by atoms with Gasteiger partial charge in [-0.05, 0) is 69.5 Å². The van der Waals surface area contributed by atoms with Gasteiger partial charge in [0.2, 0.25) is 0 Å². The Morgan fingerprint density at radius 2 is 1.50 bits per heavy atom. The van der Waals surface area contributed by atoms with Crippen LogP contribution in [0.2, 0.25) is 0 Å². The number of hydrogen-bond donors (Lipinski definition) is 1. The van der Waals surface area contributed by atoms with Gasteiger partial charge >= 0.3 is 0 Å². The minimum Gasteiger partial charge on any atom is -0.330 e. The van der Waals surface area contributed by atoms with Crippen LogP contribution in [0, 0.1) is 27.7 Å². The van der Waals surface area contributed by atoms with Crippen molar-refractivity contribution in [3.05, 3.63) is 44.7 Å². The summed E-state index contributed by atoms with van der Waals surface area (Å²) < 4.78 is 1.15. The number of aromatic nitrogens is 2. The maximum Gasteiger partial charge on any atom is 0.159 e. The van der Waals surface area contributed by atoms with E-state index in [1.54, 1.807) is 0 Å². The van der Waals surface area contributed by atoms with Gasteiger partial charge in [0.15, 0.2) is 5.82 Å². The first kappa shape index (κ1) is 15.1. The minimum atomic E-state index is 0.626. The summed E-state index contributed by atoms with van der Waals surface area (Å²) in [4.78, 5) is 9.31. The average Bonchev–Trinajstić information content (AvgIpc) is 2.39. The zero-order chi connectivity index (χ0) is 14.9. The van der Waals surface area contributed by atoms with E-state index < -0.39 is 0 Å². The molecule has 106 valence electrons. The summed E-state index contributed by atoms with van der Waals surface area (Å²) in [6.45, 7) is 8.86. The molecule has 2 N–H and O–H groups in total. The lowest BCUT2D eigenvalue weighted by atomic mass is 10.1. The third-order valence-electron chi connectivity index (χ3n) is 3.51. The molecule has 3 nitrogen and oxygen atoms in total. The molecule has 2 aromatic rings. The van der Waals surface area contributed by atoms with Crippen molar-refractivity contribution in [3.63, 3.8) is 0 Å². The molecule has 4 heteroatoms. The Labute approximate surface area is 128 Å². The second kappa shape index (κ2) is 6.02. The Bertz CT molecular complexity index is 604. The van der Waals surface area contributed by atoms with Crippen molar-refractivity contribution in [2.45, 2.75) is 34.1 Å². The largest absolute Gasteiger partial charge is 0.330 e. The Balaban J connectivity index is 2.54. The van der Waals surface area contributed by atoms with E-state index in [4.69, 9.17) is 5.73 Å². The fourth-order valence-electron chi connectivity index (χ4n) is 2.45. The van der Waals surface area contributed by atoms with E-state index in [1.165, 1.54) is 16.7 Å². The second-order valence-electron chi connectivity index (χ2n) is 5.16. The van der Waals surface area contributed by atoms with E-state index in [0.29, 0.717) is 6.54 Å². The predicted molar refractivity (Wildman–Crippen MR) is 86.9 cm³/mol. The minimum absolute atomic E-state index is 0.626. The smallest absolute Gasteiger partial charge is 0.159 e. The molecular weight excluding hydrogens is 314 g/mol. The first-order valence-electron chi connectivity index (χ1n) is 6.75. The van der Waals surface area contributed by atoms with Crippen molar-refractivity contribution in [2.24, 2.45) is 5.73 Å². The highest BCUT2D eigenvalue weighted by Gasteiger charge is 2.11. The molecule has 0 fully saturated rings. The normalized spacial score (nSPS) is 10.9. The number of benzene rings is 1. The Kier molecular flexibility index (Phi) is 4.55.